The van der Waals surface area contributed by atoms with E-state index in [4.69, 9.17) is 0 Å². The van der Waals surface area contributed by atoms with E-state index in [1.54, 1.807) is 0 Å². The first-order chi connectivity index (χ1) is 7.72. The summed E-state index contributed by atoms with van der Waals surface area (Å²) < 4.78 is 0. The van der Waals surface area contributed by atoms with Gasteiger partial charge in [-0.3, -0.25) is 9.59 Å². The molecule has 4 heteroatoms. The number of carbonyl (C=O) groups is 2. The lowest BCUT2D eigenvalue weighted by molar-refractivity contribution is -0.139. The van der Waals surface area contributed by atoms with E-state index < -0.39 is 0 Å². The van der Waals surface area contributed by atoms with Crippen molar-refractivity contribution in [1.29, 1.82) is 0 Å². The van der Waals surface area contributed by atoms with Crippen molar-refractivity contribution in [2.45, 2.75) is 45.1 Å². The highest BCUT2D eigenvalue weighted by Crippen LogP contribution is 2.23. The second-order valence-corrected chi connectivity index (χ2v) is 4.79. The van der Waals surface area contributed by atoms with Crippen LogP contribution in [0.25, 0.3) is 0 Å². The van der Waals surface area contributed by atoms with Gasteiger partial charge in [-0.15, -0.1) is 0 Å². The van der Waals surface area contributed by atoms with Crippen LogP contribution in [-0.2, 0) is 9.59 Å². The number of hydrogen-bond acceptors (Lipinski definition) is 2. The fourth-order valence-electron chi connectivity index (χ4n) is 2.73. The summed E-state index contributed by atoms with van der Waals surface area (Å²) in [5, 5.41) is 2.74. The minimum atomic E-state index is -0.111. The monoisotopic (exact) mass is 224 g/mol. The third-order valence-electron chi connectivity index (χ3n) is 3.71. The zero-order valence-corrected chi connectivity index (χ0v) is 9.87. The number of piperidine rings is 1. The predicted molar refractivity (Wildman–Crippen MR) is 60.8 cm³/mol. The average Bonchev–Trinajstić information content (AvgIpc) is 2.75. The van der Waals surface area contributed by atoms with E-state index in [0.717, 1.165) is 25.8 Å². The van der Waals surface area contributed by atoms with Crippen LogP contribution < -0.4 is 5.32 Å². The number of hydrogen-bond donors (Lipinski definition) is 1. The molecule has 2 saturated heterocycles. The lowest BCUT2D eigenvalue weighted by atomic mass is 9.97. The Morgan fingerprint density at radius 3 is 2.94 bits per heavy atom. The van der Waals surface area contributed by atoms with Gasteiger partial charge in [0.2, 0.25) is 11.8 Å². The van der Waals surface area contributed by atoms with Gasteiger partial charge in [-0.05, 0) is 25.7 Å². The Morgan fingerprint density at radius 2 is 2.31 bits per heavy atom. The van der Waals surface area contributed by atoms with Gasteiger partial charge in [-0.1, -0.05) is 6.92 Å². The second-order valence-electron chi connectivity index (χ2n) is 4.79. The number of carbonyl (C=O) groups excluding carboxylic acids is 2. The lowest BCUT2D eigenvalue weighted by Gasteiger charge is -2.36. The minimum Gasteiger partial charge on any atom is -0.355 e. The number of nitrogens with one attached hydrogen (secondary N) is 1. The summed E-state index contributed by atoms with van der Waals surface area (Å²) in [6.07, 6.45) is 4.86. The minimum absolute atomic E-state index is 0.0170. The Balaban J connectivity index is 1.99. The van der Waals surface area contributed by atoms with Gasteiger partial charge in [0.15, 0.2) is 0 Å². The molecule has 2 aliphatic heterocycles. The van der Waals surface area contributed by atoms with Crippen molar-refractivity contribution in [1.82, 2.24) is 10.2 Å². The topological polar surface area (TPSA) is 49.4 Å². The van der Waals surface area contributed by atoms with E-state index in [9.17, 15) is 9.59 Å². The molecule has 2 unspecified atom stereocenters. The molecular weight excluding hydrogens is 204 g/mol. The molecule has 0 bridgehead atoms. The molecule has 2 atom stereocenters. The Kier molecular flexibility index (Phi) is 3.46. The summed E-state index contributed by atoms with van der Waals surface area (Å²) in [4.78, 5) is 25.4. The maximum absolute atomic E-state index is 12.2. The van der Waals surface area contributed by atoms with Crippen molar-refractivity contribution >= 4 is 11.8 Å². The number of likely N-dealkylation sites (tertiary alicyclic amines) is 1. The molecule has 0 aromatic heterocycles. The van der Waals surface area contributed by atoms with Gasteiger partial charge in [0.1, 0.15) is 0 Å². The van der Waals surface area contributed by atoms with Gasteiger partial charge in [0.25, 0.3) is 0 Å². The third-order valence-corrected chi connectivity index (χ3v) is 3.71. The van der Waals surface area contributed by atoms with Crippen LogP contribution in [0.5, 0.6) is 0 Å². The van der Waals surface area contributed by atoms with Crippen molar-refractivity contribution in [3.05, 3.63) is 0 Å². The highest BCUT2D eigenvalue weighted by molar-refractivity contribution is 5.89. The van der Waals surface area contributed by atoms with Crippen LogP contribution in [0.1, 0.15) is 39.0 Å². The van der Waals surface area contributed by atoms with E-state index in [-0.39, 0.29) is 17.7 Å². The standard InChI is InChI=1S/C12H20N2O2/c1-2-10-5-3-4-6-14(10)12(16)9-7-11(15)13-8-9/h9-10H,2-8H2,1H3,(H,13,15). The molecular formula is C12H20N2O2. The lowest BCUT2D eigenvalue weighted by Crippen LogP contribution is -2.46. The molecule has 0 spiro atoms. The molecule has 90 valence electrons. The Bertz CT molecular complexity index is 291. The van der Waals surface area contributed by atoms with Crippen molar-refractivity contribution < 1.29 is 9.59 Å². The smallest absolute Gasteiger partial charge is 0.228 e. The normalized spacial score (nSPS) is 30.3. The van der Waals surface area contributed by atoms with Gasteiger partial charge < -0.3 is 10.2 Å². The molecule has 2 amide bonds. The van der Waals surface area contributed by atoms with E-state index in [0.29, 0.717) is 19.0 Å². The van der Waals surface area contributed by atoms with Crippen molar-refractivity contribution in [3.8, 4) is 0 Å². The molecule has 0 aromatic rings. The number of nitrogens with zero attached hydrogens (tertiary/aromatic N) is 1. The third kappa shape index (κ3) is 2.20. The first-order valence-corrected chi connectivity index (χ1v) is 6.29. The van der Waals surface area contributed by atoms with Crippen LogP contribution in [0.3, 0.4) is 0 Å². The second kappa shape index (κ2) is 4.85. The molecule has 2 aliphatic rings. The Hall–Kier alpha value is -1.06. The van der Waals surface area contributed by atoms with Crippen LogP contribution in [-0.4, -0.2) is 35.8 Å². The van der Waals surface area contributed by atoms with Crippen molar-refractivity contribution in [3.63, 3.8) is 0 Å². The van der Waals surface area contributed by atoms with Gasteiger partial charge in [0, 0.05) is 25.6 Å². The fraction of sp³-hybridized carbons (Fsp3) is 0.833. The van der Waals surface area contributed by atoms with Crippen LogP contribution in [0.15, 0.2) is 0 Å². The average molecular weight is 224 g/mol. The maximum atomic E-state index is 12.2. The Morgan fingerprint density at radius 1 is 1.50 bits per heavy atom. The van der Waals surface area contributed by atoms with Gasteiger partial charge in [0.05, 0.1) is 5.92 Å². The molecule has 0 aromatic carbocycles. The fourth-order valence-corrected chi connectivity index (χ4v) is 2.73. The van der Waals surface area contributed by atoms with Crippen LogP contribution in [0.2, 0.25) is 0 Å². The first-order valence-electron chi connectivity index (χ1n) is 6.29. The molecule has 1 N–H and O–H groups in total. The van der Waals surface area contributed by atoms with Crippen molar-refractivity contribution in [2.75, 3.05) is 13.1 Å². The number of amides is 2. The highest BCUT2D eigenvalue weighted by Gasteiger charge is 2.34. The van der Waals surface area contributed by atoms with Crippen LogP contribution >= 0.6 is 0 Å². The first kappa shape index (κ1) is 11.4. The largest absolute Gasteiger partial charge is 0.355 e. The summed E-state index contributed by atoms with van der Waals surface area (Å²) >= 11 is 0. The molecule has 2 fully saturated rings. The molecule has 2 heterocycles. The zero-order valence-electron chi connectivity index (χ0n) is 9.87. The summed E-state index contributed by atoms with van der Waals surface area (Å²) in [6.45, 7) is 3.54. The molecule has 0 radical (unpaired) electrons. The molecule has 16 heavy (non-hydrogen) atoms. The summed E-state index contributed by atoms with van der Waals surface area (Å²) in [5.74, 6) is 0.0907. The molecule has 2 rings (SSSR count). The Labute approximate surface area is 96.4 Å². The molecule has 4 nitrogen and oxygen atoms in total. The van der Waals surface area contributed by atoms with Gasteiger partial charge in [-0.25, -0.2) is 0 Å². The predicted octanol–water partition coefficient (Wildman–Crippen LogP) is 0.914. The SMILES string of the molecule is CCC1CCCCN1C(=O)C1CNC(=O)C1. The van der Waals surface area contributed by atoms with Gasteiger partial charge in [-0.2, -0.15) is 0 Å². The van der Waals surface area contributed by atoms with E-state index in [1.807, 2.05) is 4.90 Å². The van der Waals surface area contributed by atoms with E-state index in [1.165, 1.54) is 6.42 Å². The van der Waals surface area contributed by atoms with Crippen molar-refractivity contribution in [2.24, 2.45) is 5.92 Å². The quantitative estimate of drug-likeness (QED) is 0.758. The zero-order chi connectivity index (χ0) is 11.5. The summed E-state index contributed by atoms with van der Waals surface area (Å²) in [7, 11) is 0. The summed E-state index contributed by atoms with van der Waals surface area (Å²) in [6, 6.07) is 0.400. The van der Waals surface area contributed by atoms with E-state index in [2.05, 4.69) is 12.2 Å². The van der Waals surface area contributed by atoms with Crippen LogP contribution in [0, 0.1) is 5.92 Å². The molecule has 0 aliphatic carbocycles. The summed E-state index contributed by atoms with van der Waals surface area (Å²) in [5.41, 5.74) is 0. The van der Waals surface area contributed by atoms with Gasteiger partial charge >= 0.3 is 0 Å². The van der Waals surface area contributed by atoms with E-state index >= 15 is 0 Å². The number of rotatable bonds is 2. The maximum Gasteiger partial charge on any atom is 0.228 e. The molecule has 0 saturated carbocycles. The van der Waals surface area contributed by atoms with Crippen LogP contribution in [0.4, 0.5) is 0 Å². The highest BCUT2D eigenvalue weighted by atomic mass is 16.2.